The van der Waals surface area contributed by atoms with E-state index in [1.807, 2.05) is 6.92 Å². The number of halogens is 1. The second-order valence-corrected chi connectivity index (χ2v) is 4.46. The van der Waals surface area contributed by atoms with Crippen molar-refractivity contribution in [3.05, 3.63) is 34.9 Å². The minimum absolute atomic E-state index is 0.0275. The zero-order valence-corrected chi connectivity index (χ0v) is 10.6. The van der Waals surface area contributed by atoms with Crippen LogP contribution >= 0.6 is 11.6 Å². The lowest BCUT2D eigenvalue weighted by molar-refractivity contribution is 0.0938. The molecule has 1 N–H and O–H groups in total. The van der Waals surface area contributed by atoms with E-state index < -0.39 is 0 Å². The average molecular weight is 240 g/mol. The van der Waals surface area contributed by atoms with E-state index in [1.165, 1.54) is 0 Å². The largest absolute Gasteiger partial charge is 0.350 e. The Morgan fingerprint density at radius 2 is 2.00 bits per heavy atom. The molecule has 0 fully saturated rings. The van der Waals surface area contributed by atoms with Gasteiger partial charge >= 0.3 is 0 Å². The molecular weight excluding hydrogens is 222 g/mol. The summed E-state index contributed by atoms with van der Waals surface area (Å²) in [5, 5.41) is 3.62. The van der Waals surface area contributed by atoms with Gasteiger partial charge in [-0.05, 0) is 37.6 Å². The highest BCUT2D eigenvalue weighted by molar-refractivity contribution is 6.30. The fourth-order valence-electron chi connectivity index (χ4n) is 1.49. The minimum atomic E-state index is -0.0275. The molecule has 1 rings (SSSR count). The minimum Gasteiger partial charge on any atom is -0.350 e. The molecule has 2 nitrogen and oxygen atoms in total. The van der Waals surface area contributed by atoms with E-state index in [-0.39, 0.29) is 11.9 Å². The predicted octanol–water partition coefficient (Wildman–Crippen LogP) is 3.65. The van der Waals surface area contributed by atoms with Crippen LogP contribution in [0.2, 0.25) is 5.02 Å². The Labute approximate surface area is 102 Å². The van der Waals surface area contributed by atoms with Gasteiger partial charge in [0.05, 0.1) is 0 Å². The van der Waals surface area contributed by atoms with Gasteiger partial charge in [-0.1, -0.05) is 31.4 Å². The summed E-state index contributed by atoms with van der Waals surface area (Å²) in [5.41, 5.74) is 0.660. The third-order valence-corrected chi connectivity index (χ3v) is 2.73. The van der Waals surface area contributed by atoms with Gasteiger partial charge in [0.25, 0.3) is 5.91 Å². The highest BCUT2D eigenvalue weighted by Crippen LogP contribution is 2.10. The molecule has 88 valence electrons. The van der Waals surface area contributed by atoms with Gasteiger partial charge in [0, 0.05) is 16.6 Å². The van der Waals surface area contributed by atoms with Crippen LogP contribution in [0, 0.1) is 0 Å². The second kappa shape index (κ2) is 6.54. The van der Waals surface area contributed by atoms with Crippen LogP contribution in [-0.2, 0) is 0 Å². The number of amides is 1. The number of benzene rings is 1. The van der Waals surface area contributed by atoms with Crippen LogP contribution in [0.25, 0.3) is 0 Å². The van der Waals surface area contributed by atoms with Crippen molar-refractivity contribution in [3.63, 3.8) is 0 Å². The van der Waals surface area contributed by atoms with Crippen molar-refractivity contribution in [2.24, 2.45) is 0 Å². The van der Waals surface area contributed by atoms with Gasteiger partial charge in [-0.25, -0.2) is 0 Å². The number of hydrogen-bond acceptors (Lipinski definition) is 1. The number of carbonyl (C=O) groups is 1. The second-order valence-electron chi connectivity index (χ2n) is 4.02. The average Bonchev–Trinajstić information content (AvgIpc) is 2.27. The van der Waals surface area contributed by atoms with Crippen molar-refractivity contribution in [1.82, 2.24) is 5.32 Å². The van der Waals surface area contributed by atoms with Crippen LogP contribution in [-0.4, -0.2) is 11.9 Å². The van der Waals surface area contributed by atoms with E-state index in [9.17, 15) is 4.79 Å². The van der Waals surface area contributed by atoms with Gasteiger partial charge in [0.15, 0.2) is 0 Å². The van der Waals surface area contributed by atoms with Gasteiger partial charge in [0.1, 0.15) is 0 Å². The van der Waals surface area contributed by atoms with Crippen molar-refractivity contribution >= 4 is 17.5 Å². The molecule has 0 spiro atoms. The van der Waals surface area contributed by atoms with Crippen LogP contribution in [0.1, 0.15) is 43.5 Å². The number of carbonyl (C=O) groups excluding carboxylic acids is 1. The lowest BCUT2D eigenvalue weighted by Crippen LogP contribution is -2.32. The SMILES string of the molecule is CCCCC(C)NC(=O)c1ccc(Cl)cc1. The molecule has 1 unspecified atom stereocenters. The molecule has 16 heavy (non-hydrogen) atoms. The van der Waals surface area contributed by atoms with E-state index in [0.717, 1.165) is 19.3 Å². The number of nitrogens with one attached hydrogen (secondary N) is 1. The molecule has 0 aliphatic heterocycles. The summed E-state index contributed by atoms with van der Waals surface area (Å²) in [6.07, 6.45) is 3.32. The molecular formula is C13H18ClNO. The van der Waals surface area contributed by atoms with Crippen molar-refractivity contribution in [2.75, 3.05) is 0 Å². The summed E-state index contributed by atoms with van der Waals surface area (Å²) in [6.45, 7) is 4.18. The molecule has 0 aromatic heterocycles. The monoisotopic (exact) mass is 239 g/mol. The number of rotatable bonds is 5. The van der Waals surface area contributed by atoms with Crippen LogP contribution in [0.5, 0.6) is 0 Å². The highest BCUT2D eigenvalue weighted by Gasteiger charge is 2.08. The fraction of sp³-hybridized carbons (Fsp3) is 0.462. The zero-order valence-electron chi connectivity index (χ0n) is 9.79. The Hall–Kier alpha value is -1.02. The predicted molar refractivity (Wildman–Crippen MR) is 67.9 cm³/mol. The maximum atomic E-state index is 11.8. The van der Waals surface area contributed by atoms with Crippen LogP contribution in [0.15, 0.2) is 24.3 Å². The number of unbranched alkanes of at least 4 members (excludes halogenated alkanes) is 1. The third kappa shape index (κ3) is 4.23. The van der Waals surface area contributed by atoms with Crippen molar-refractivity contribution in [1.29, 1.82) is 0 Å². The Balaban J connectivity index is 2.48. The molecule has 1 atom stereocenters. The molecule has 0 aliphatic rings. The van der Waals surface area contributed by atoms with Gasteiger partial charge in [-0.3, -0.25) is 4.79 Å². The Morgan fingerprint density at radius 3 is 2.56 bits per heavy atom. The summed E-state index contributed by atoms with van der Waals surface area (Å²) < 4.78 is 0. The molecule has 1 aromatic carbocycles. The summed E-state index contributed by atoms with van der Waals surface area (Å²) in [4.78, 5) is 11.8. The van der Waals surface area contributed by atoms with Gasteiger partial charge in [0.2, 0.25) is 0 Å². The van der Waals surface area contributed by atoms with E-state index in [0.29, 0.717) is 10.6 Å². The van der Waals surface area contributed by atoms with E-state index in [1.54, 1.807) is 24.3 Å². The van der Waals surface area contributed by atoms with Gasteiger partial charge < -0.3 is 5.32 Å². The first-order valence-electron chi connectivity index (χ1n) is 5.70. The molecule has 0 radical (unpaired) electrons. The normalized spacial score (nSPS) is 12.2. The van der Waals surface area contributed by atoms with Crippen LogP contribution in [0.3, 0.4) is 0 Å². The van der Waals surface area contributed by atoms with Gasteiger partial charge in [-0.2, -0.15) is 0 Å². The van der Waals surface area contributed by atoms with Crippen LogP contribution in [0.4, 0.5) is 0 Å². The van der Waals surface area contributed by atoms with Crippen molar-refractivity contribution in [3.8, 4) is 0 Å². The maximum absolute atomic E-state index is 11.8. The summed E-state index contributed by atoms with van der Waals surface area (Å²) in [5.74, 6) is -0.0275. The standard InChI is InChI=1S/C13H18ClNO/c1-3-4-5-10(2)15-13(16)11-6-8-12(14)9-7-11/h6-10H,3-5H2,1-2H3,(H,15,16). The highest BCUT2D eigenvalue weighted by atomic mass is 35.5. The molecule has 3 heteroatoms. The first kappa shape index (κ1) is 13.0. The van der Waals surface area contributed by atoms with Crippen molar-refractivity contribution < 1.29 is 4.79 Å². The Morgan fingerprint density at radius 1 is 1.38 bits per heavy atom. The molecule has 0 bridgehead atoms. The Bertz CT molecular complexity index is 334. The van der Waals surface area contributed by atoms with Crippen molar-refractivity contribution in [2.45, 2.75) is 39.2 Å². The van der Waals surface area contributed by atoms with E-state index in [2.05, 4.69) is 12.2 Å². The summed E-state index contributed by atoms with van der Waals surface area (Å²) in [7, 11) is 0. The fourth-order valence-corrected chi connectivity index (χ4v) is 1.62. The topological polar surface area (TPSA) is 29.1 Å². The summed E-state index contributed by atoms with van der Waals surface area (Å²) in [6, 6.07) is 7.16. The van der Waals surface area contributed by atoms with E-state index >= 15 is 0 Å². The molecule has 0 saturated heterocycles. The molecule has 1 aromatic rings. The first-order chi connectivity index (χ1) is 7.63. The first-order valence-corrected chi connectivity index (χ1v) is 6.07. The van der Waals surface area contributed by atoms with E-state index in [4.69, 9.17) is 11.6 Å². The molecule has 1 amide bonds. The molecule has 0 aliphatic carbocycles. The third-order valence-electron chi connectivity index (χ3n) is 2.47. The quantitative estimate of drug-likeness (QED) is 0.835. The summed E-state index contributed by atoms with van der Waals surface area (Å²) >= 11 is 5.76. The maximum Gasteiger partial charge on any atom is 0.251 e. The Kier molecular flexibility index (Phi) is 5.33. The lowest BCUT2D eigenvalue weighted by atomic mass is 10.1. The molecule has 0 saturated carbocycles. The smallest absolute Gasteiger partial charge is 0.251 e. The number of hydrogen-bond donors (Lipinski definition) is 1. The zero-order chi connectivity index (χ0) is 12.0. The lowest BCUT2D eigenvalue weighted by Gasteiger charge is -2.13. The van der Waals surface area contributed by atoms with Crippen LogP contribution < -0.4 is 5.32 Å². The van der Waals surface area contributed by atoms with Gasteiger partial charge in [-0.15, -0.1) is 0 Å². The molecule has 0 heterocycles.